The van der Waals surface area contributed by atoms with Crippen LogP contribution in [0.5, 0.6) is 0 Å². The fourth-order valence-electron chi connectivity index (χ4n) is 2.80. The van der Waals surface area contributed by atoms with E-state index < -0.39 is 0 Å². The van der Waals surface area contributed by atoms with Crippen molar-refractivity contribution < 1.29 is 9.90 Å². The number of amides is 1. The Labute approximate surface area is 91.5 Å². The lowest BCUT2D eigenvalue weighted by Crippen LogP contribution is -2.30. The summed E-state index contributed by atoms with van der Waals surface area (Å²) in [6.07, 6.45) is 6.81. The molecule has 0 unspecified atom stereocenters. The van der Waals surface area contributed by atoms with Crippen LogP contribution in [0.2, 0.25) is 0 Å². The van der Waals surface area contributed by atoms with Gasteiger partial charge >= 0.3 is 0 Å². The van der Waals surface area contributed by atoms with Crippen LogP contribution in [0.15, 0.2) is 0 Å². The Kier molecular flexibility index (Phi) is 3.62. The third-order valence-corrected chi connectivity index (χ3v) is 3.83. The Morgan fingerprint density at radius 2 is 1.93 bits per heavy atom. The second-order valence-electron chi connectivity index (χ2n) is 5.03. The minimum absolute atomic E-state index is 0.229. The van der Waals surface area contributed by atoms with Crippen LogP contribution in [0.25, 0.3) is 0 Å². The van der Waals surface area contributed by atoms with E-state index in [9.17, 15) is 4.79 Å². The van der Waals surface area contributed by atoms with E-state index >= 15 is 0 Å². The molecule has 15 heavy (non-hydrogen) atoms. The Balaban J connectivity index is 1.76. The van der Waals surface area contributed by atoms with Gasteiger partial charge in [0.25, 0.3) is 0 Å². The topological polar surface area (TPSA) is 40.5 Å². The molecule has 2 fully saturated rings. The van der Waals surface area contributed by atoms with Gasteiger partial charge in [0.05, 0.1) is 0 Å². The molecule has 2 rings (SSSR count). The van der Waals surface area contributed by atoms with E-state index in [-0.39, 0.29) is 6.61 Å². The van der Waals surface area contributed by atoms with Gasteiger partial charge < -0.3 is 10.0 Å². The molecule has 0 aromatic heterocycles. The largest absolute Gasteiger partial charge is 0.396 e. The van der Waals surface area contributed by atoms with Crippen LogP contribution in [0.1, 0.15) is 38.5 Å². The van der Waals surface area contributed by atoms with Crippen molar-refractivity contribution >= 4 is 5.91 Å². The zero-order valence-corrected chi connectivity index (χ0v) is 9.32. The van der Waals surface area contributed by atoms with Crippen molar-refractivity contribution in [2.45, 2.75) is 38.5 Å². The van der Waals surface area contributed by atoms with Crippen LogP contribution in [-0.4, -0.2) is 35.6 Å². The van der Waals surface area contributed by atoms with E-state index in [2.05, 4.69) is 0 Å². The second kappa shape index (κ2) is 4.97. The van der Waals surface area contributed by atoms with Crippen LogP contribution >= 0.6 is 0 Å². The number of nitrogens with zero attached hydrogens (tertiary/aromatic N) is 1. The molecule has 0 aromatic rings. The molecule has 0 spiro atoms. The van der Waals surface area contributed by atoms with Gasteiger partial charge in [0.1, 0.15) is 0 Å². The molecule has 1 saturated carbocycles. The molecule has 2 aliphatic rings. The summed E-state index contributed by atoms with van der Waals surface area (Å²) < 4.78 is 0. The van der Waals surface area contributed by atoms with Gasteiger partial charge in [-0.1, -0.05) is 12.8 Å². The molecule has 0 bridgehead atoms. The highest BCUT2D eigenvalue weighted by atomic mass is 16.3. The van der Waals surface area contributed by atoms with E-state index in [0.717, 1.165) is 25.9 Å². The van der Waals surface area contributed by atoms with Crippen molar-refractivity contribution in [3.63, 3.8) is 0 Å². The molecule has 1 aliphatic carbocycles. The third kappa shape index (κ3) is 2.71. The normalized spacial score (nSPS) is 27.5. The summed E-state index contributed by atoms with van der Waals surface area (Å²) in [4.78, 5) is 13.9. The summed E-state index contributed by atoms with van der Waals surface area (Å²) in [7, 11) is 0. The van der Waals surface area contributed by atoms with Gasteiger partial charge in [0.15, 0.2) is 0 Å². The maximum Gasteiger partial charge on any atom is 0.222 e. The summed E-state index contributed by atoms with van der Waals surface area (Å²) in [6, 6.07) is 0. The first-order chi connectivity index (χ1) is 7.29. The Bertz CT molecular complexity index is 224. The molecular weight excluding hydrogens is 190 g/mol. The van der Waals surface area contributed by atoms with Crippen molar-refractivity contribution in [2.24, 2.45) is 11.8 Å². The van der Waals surface area contributed by atoms with Crippen molar-refractivity contribution in [3.05, 3.63) is 0 Å². The monoisotopic (exact) mass is 211 g/mol. The Hall–Kier alpha value is -0.570. The van der Waals surface area contributed by atoms with Crippen LogP contribution < -0.4 is 0 Å². The van der Waals surface area contributed by atoms with E-state index in [1.807, 2.05) is 4.90 Å². The molecule has 1 atom stereocenters. The quantitative estimate of drug-likeness (QED) is 0.766. The van der Waals surface area contributed by atoms with Crippen LogP contribution in [0, 0.1) is 11.8 Å². The molecule has 1 aliphatic heterocycles. The number of likely N-dealkylation sites (tertiary alicyclic amines) is 1. The van der Waals surface area contributed by atoms with E-state index in [1.165, 1.54) is 25.7 Å². The van der Waals surface area contributed by atoms with Crippen LogP contribution in [0.3, 0.4) is 0 Å². The second-order valence-corrected chi connectivity index (χ2v) is 5.03. The van der Waals surface area contributed by atoms with Gasteiger partial charge in [-0.2, -0.15) is 0 Å². The average Bonchev–Trinajstić information content (AvgIpc) is 2.86. The number of hydrogen-bond acceptors (Lipinski definition) is 2. The molecule has 1 heterocycles. The van der Waals surface area contributed by atoms with Crippen LogP contribution in [-0.2, 0) is 4.79 Å². The van der Waals surface area contributed by atoms with Crippen LogP contribution in [0.4, 0.5) is 0 Å². The number of carbonyl (C=O) groups excluding carboxylic acids is 1. The Morgan fingerprint density at radius 3 is 2.53 bits per heavy atom. The summed E-state index contributed by atoms with van der Waals surface area (Å²) in [6.45, 7) is 1.87. The summed E-state index contributed by atoms with van der Waals surface area (Å²) in [5.74, 6) is 1.29. The first kappa shape index (κ1) is 10.9. The lowest BCUT2D eigenvalue weighted by atomic mass is 10.0. The maximum absolute atomic E-state index is 11.9. The summed E-state index contributed by atoms with van der Waals surface area (Å²) >= 11 is 0. The van der Waals surface area contributed by atoms with Gasteiger partial charge in [-0.25, -0.2) is 0 Å². The summed E-state index contributed by atoms with van der Waals surface area (Å²) in [5.41, 5.74) is 0. The van der Waals surface area contributed by atoms with E-state index in [4.69, 9.17) is 5.11 Å². The molecular formula is C12H21NO2. The molecule has 3 heteroatoms. The van der Waals surface area contributed by atoms with Crippen molar-refractivity contribution in [2.75, 3.05) is 19.7 Å². The number of carbonyl (C=O) groups is 1. The van der Waals surface area contributed by atoms with E-state index in [1.54, 1.807) is 0 Å². The van der Waals surface area contributed by atoms with Gasteiger partial charge in [0.2, 0.25) is 5.91 Å². The number of aliphatic hydroxyl groups excluding tert-OH is 1. The number of rotatable bonds is 3. The van der Waals surface area contributed by atoms with Crippen molar-refractivity contribution in [1.82, 2.24) is 4.90 Å². The lowest BCUT2D eigenvalue weighted by Gasteiger charge is -2.18. The van der Waals surface area contributed by atoms with Gasteiger partial charge in [-0.15, -0.1) is 0 Å². The SMILES string of the molecule is O=C(CC1CCCC1)N1CC[C@@H](CO)C1. The van der Waals surface area contributed by atoms with Gasteiger partial charge in [0, 0.05) is 32.0 Å². The smallest absolute Gasteiger partial charge is 0.222 e. The zero-order chi connectivity index (χ0) is 10.7. The zero-order valence-electron chi connectivity index (χ0n) is 9.32. The number of aliphatic hydroxyl groups is 1. The Morgan fingerprint density at radius 1 is 1.20 bits per heavy atom. The molecule has 1 N–H and O–H groups in total. The first-order valence-corrected chi connectivity index (χ1v) is 6.18. The lowest BCUT2D eigenvalue weighted by molar-refractivity contribution is -0.131. The predicted molar refractivity (Wildman–Crippen MR) is 58.3 cm³/mol. The van der Waals surface area contributed by atoms with E-state index in [0.29, 0.717) is 17.7 Å². The fourth-order valence-corrected chi connectivity index (χ4v) is 2.80. The minimum atomic E-state index is 0.229. The van der Waals surface area contributed by atoms with Crippen molar-refractivity contribution in [1.29, 1.82) is 0 Å². The average molecular weight is 211 g/mol. The highest BCUT2D eigenvalue weighted by molar-refractivity contribution is 5.76. The van der Waals surface area contributed by atoms with Gasteiger partial charge in [-0.05, 0) is 25.2 Å². The highest BCUT2D eigenvalue weighted by Gasteiger charge is 2.27. The molecule has 0 radical (unpaired) electrons. The number of hydrogen-bond donors (Lipinski definition) is 1. The molecule has 1 amide bonds. The first-order valence-electron chi connectivity index (χ1n) is 6.18. The minimum Gasteiger partial charge on any atom is -0.396 e. The highest BCUT2D eigenvalue weighted by Crippen LogP contribution is 2.29. The third-order valence-electron chi connectivity index (χ3n) is 3.83. The summed E-state index contributed by atoms with van der Waals surface area (Å²) in [5, 5.41) is 9.01. The molecule has 86 valence electrons. The van der Waals surface area contributed by atoms with Crippen molar-refractivity contribution in [3.8, 4) is 0 Å². The predicted octanol–water partition coefficient (Wildman–Crippen LogP) is 1.41. The fraction of sp³-hybridized carbons (Fsp3) is 0.917. The molecule has 3 nitrogen and oxygen atoms in total. The van der Waals surface area contributed by atoms with Gasteiger partial charge in [-0.3, -0.25) is 4.79 Å². The standard InChI is InChI=1S/C12H21NO2/c14-9-11-5-6-13(8-11)12(15)7-10-3-1-2-4-10/h10-11,14H,1-9H2/t11-/m1/s1. The molecule has 1 saturated heterocycles. The maximum atomic E-state index is 11.9. The molecule has 0 aromatic carbocycles.